The van der Waals surface area contributed by atoms with Crippen LogP contribution in [0.2, 0.25) is 0 Å². The molecule has 2 amide bonds. The molecule has 6 rings (SSSR count). The normalized spacial score (nSPS) is 10.8. The van der Waals surface area contributed by atoms with Crippen molar-refractivity contribution in [2.75, 3.05) is 24.9 Å². The number of ether oxygens (including phenoxy) is 2. The fraction of sp³-hybridized carbons (Fsp3) is 0.140. The van der Waals surface area contributed by atoms with Crippen molar-refractivity contribution in [1.82, 2.24) is 0 Å². The molecule has 58 heavy (non-hydrogen) atoms. The summed E-state index contributed by atoms with van der Waals surface area (Å²) in [7, 11) is 3.27. The summed E-state index contributed by atoms with van der Waals surface area (Å²) in [5.74, 6) is 0.0489. The number of carbonyl (C=O) groups is 3. The number of anilines is 2. The Morgan fingerprint density at radius 3 is 1.34 bits per heavy atom. The van der Waals surface area contributed by atoms with Crippen molar-refractivity contribution in [2.45, 2.75) is 34.6 Å². The van der Waals surface area contributed by atoms with E-state index in [0.717, 1.165) is 67.3 Å². The van der Waals surface area contributed by atoms with Crippen molar-refractivity contribution in [1.29, 1.82) is 0 Å². The van der Waals surface area contributed by atoms with Crippen LogP contribution in [-0.4, -0.2) is 37.1 Å². The first-order valence-corrected chi connectivity index (χ1v) is 18.7. The number of amides is 2. The van der Waals surface area contributed by atoms with Crippen LogP contribution in [0.4, 0.5) is 11.4 Å². The molecule has 294 valence electrons. The highest BCUT2D eigenvalue weighted by Crippen LogP contribution is 2.24. The summed E-state index contributed by atoms with van der Waals surface area (Å²) in [5, 5.41) is 15.3. The van der Waals surface area contributed by atoms with Gasteiger partial charge in [0.2, 0.25) is 0 Å². The third kappa shape index (κ3) is 11.0. The number of carbonyl (C=O) groups excluding carboxylic acids is 2. The second-order valence-electron chi connectivity index (χ2n) is 13.8. The maximum Gasteiger partial charge on any atom is 0.337 e. The second-order valence-corrected chi connectivity index (χ2v) is 13.8. The van der Waals surface area contributed by atoms with Gasteiger partial charge in [-0.2, -0.15) is 0 Å². The Balaban J connectivity index is 0.000000221. The molecule has 0 aliphatic heterocycles. The van der Waals surface area contributed by atoms with Crippen molar-refractivity contribution in [3.63, 3.8) is 0 Å². The van der Waals surface area contributed by atoms with Crippen molar-refractivity contribution in [3.8, 4) is 11.5 Å². The van der Waals surface area contributed by atoms with Gasteiger partial charge in [-0.25, -0.2) is 4.79 Å². The van der Waals surface area contributed by atoms with Crippen molar-refractivity contribution in [3.05, 3.63) is 188 Å². The van der Waals surface area contributed by atoms with Crippen LogP contribution in [0.25, 0.3) is 24.3 Å². The number of carboxylic acids is 1. The maximum atomic E-state index is 12.8. The molecule has 0 fully saturated rings. The highest BCUT2D eigenvalue weighted by molar-refractivity contribution is 6.09. The number of rotatable bonds is 11. The quantitative estimate of drug-likeness (QED) is 0.113. The van der Waals surface area contributed by atoms with Crippen molar-refractivity contribution in [2.24, 2.45) is 0 Å². The fourth-order valence-electron chi connectivity index (χ4n) is 6.08. The Morgan fingerprint density at radius 1 is 0.466 bits per heavy atom. The van der Waals surface area contributed by atoms with Crippen LogP contribution in [0, 0.1) is 34.6 Å². The summed E-state index contributed by atoms with van der Waals surface area (Å²) in [6.07, 6.45) is 7.81. The van der Waals surface area contributed by atoms with E-state index >= 15 is 0 Å². The molecular weight excluding hydrogens is 725 g/mol. The van der Waals surface area contributed by atoms with Gasteiger partial charge in [-0.1, -0.05) is 91.0 Å². The summed E-state index contributed by atoms with van der Waals surface area (Å²) < 4.78 is 10.5. The largest absolute Gasteiger partial charge is 0.497 e. The van der Waals surface area contributed by atoms with E-state index < -0.39 is 5.97 Å². The molecule has 0 radical (unpaired) electrons. The number of carboxylic acid groups (broad SMARTS) is 1. The van der Waals surface area contributed by atoms with Gasteiger partial charge in [-0.05, 0) is 139 Å². The van der Waals surface area contributed by atoms with Crippen LogP contribution >= 0.6 is 0 Å². The summed E-state index contributed by atoms with van der Waals surface area (Å²) in [4.78, 5) is 37.2. The van der Waals surface area contributed by atoms with E-state index in [0.29, 0.717) is 11.1 Å². The van der Waals surface area contributed by atoms with E-state index in [4.69, 9.17) is 9.47 Å². The minimum Gasteiger partial charge on any atom is -0.497 e. The molecule has 6 aromatic rings. The molecule has 0 bridgehead atoms. The molecule has 0 aromatic heterocycles. The molecule has 8 nitrogen and oxygen atoms in total. The van der Waals surface area contributed by atoms with Crippen LogP contribution in [0.1, 0.15) is 81.1 Å². The number of benzene rings is 6. The van der Waals surface area contributed by atoms with E-state index in [1.54, 1.807) is 32.4 Å². The number of hydrogen-bond donors (Lipinski definition) is 3. The van der Waals surface area contributed by atoms with Gasteiger partial charge in [0.25, 0.3) is 11.8 Å². The molecule has 0 unspecified atom stereocenters. The van der Waals surface area contributed by atoms with E-state index in [1.807, 2.05) is 156 Å². The number of methoxy groups -OCH3 is 2. The number of nitrogens with one attached hydrogen (secondary N) is 2. The van der Waals surface area contributed by atoms with E-state index in [-0.39, 0.29) is 23.1 Å². The molecule has 3 N–H and O–H groups in total. The van der Waals surface area contributed by atoms with Crippen LogP contribution in [0.3, 0.4) is 0 Å². The lowest BCUT2D eigenvalue weighted by atomic mass is 10.0. The van der Waals surface area contributed by atoms with Crippen LogP contribution < -0.4 is 20.1 Å². The number of aromatic carboxylic acids is 1. The van der Waals surface area contributed by atoms with Crippen LogP contribution in [0.15, 0.2) is 121 Å². The Kier molecular flexibility index (Phi) is 14.2. The summed E-state index contributed by atoms with van der Waals surface area (Å²) in [5.41, 5.74) is 11.1. The van der Waals surface area contributed by atoms with E-state index in [2.05, 4.69) is 10.6 Å². The van der Waals surface area contributed by atoms with Crippen LogP contribution in [-0.2, 0) is 0 Å². The maximum absolute atomic E-state index is 12.8. The standard InChI is InChI=1S/C25H23NO4.C25H25NO2/c1-16-6-4-9-21(17(16)2)24(27)26-23-15-19(12-13-22(23)25(28)29)11-10-18-7-5-8-20(14-18)30-3;1-17-7-5-10-23(19(17)3)25(27)26-24-16-21(12-11-18(24)2)14-13-20-8-6-9-22(15-20)28-4/h4-15H,1-3H3,(H,26,27)(H,28,29);5-16H,1-4H3,(H,26,27)/b11-10+;14-13+. The first-order valence-electron chi connectivity index (χ1n) is 18.7. The molecule has 0 spiro atoms. The molecule has 8 heteroatoms. The Morgan fingerprint density at radius 2 is 0.879 bits per heavy atom. The second kappa shape index (κ2) is 19.6. The van der Waals surface area contributed by atoms with Gasteiger partial charge in [0.05, 0.1) is 25.5 Å². The Labute approximate surface area is 340 Å². The zero-order valence-corrected chi connectivity index (χ0v) is 33.8. The zero-order valence-electron chi connectivity index (χ0n) is 33.8. The van der Waals surface area contributed by atoms with Crippen molar-refractivity contribution >= 4 is 53.5 Å². The topological polar surface area (TPSA) is 114 Å². The van der Waals surface area contributed by atoms with Gasteiger partial charge in [-0.15, -0.1) is 0 Å². The predicted octanol–water partition coefficient (Wildman–Crippen LogP) is 11.5. The smallest absolute Gasteiger partial charge is 0.337 e. The van der Waals surface area contributed by atoms with Gasteiger partial charge in [0.15, 0.2) is 0 Å². The monoisotopic (exact) mass is 772 g/mol. The molecule has 0 saturated carbocycles. The average Bonchev–Trinajstić information content (AvgIpc) is 3.22. The predicted molar refractivity (Wildman–Crippen MR) is 236 cm³/mol. The lowest BCUT2D eigenvalue weighted by Crippen LogP contribution is -2.16. The lowest BCUT2D eigenvalue weighted by Gasteiger charge is -2.12. The minimum atomic E-state index is -1.10. The molecular formula is C50H48N2O6. The fourth-order valence-corrected chi connectivity index (χ4v) is 6.08. The average molecular weight is 773 g/mol. The molecule has 0 aliphatic carbocycles. The lowest BCUT2D eigenvalue weighted by molar-refractivity contribution is 0.0697. The third-order valence-corrected chi connectivity index (χ3v) is 9.85. The number of hydrogen-bond acceptors (Lipinski definition) is 5. The van der Waals surface area contributed by atoms with E-state index in [1.165, 1.54) is 6.07 Å². The Bertz CT molecular complexity index is 2520. The summed E-state index contributed by atoms with van der Waals surface area (Å²) in [6.45, 7) is 9.79. The van der Waals surface area contributed by atoms with Crippen LogP contribution in [0.5, 0.6) is 11.5 Å². The molecule has 6 aromatic carbocycles. The first kappa shape index (κ1) is 42.0. The summed E-state index contributed by atoms with van der Waals surface area (Å²) in [6, 6.07) is 37.6. The van der Waals surface area contributed by atoms with Gasteiger partial charge in [0, 0.05) is 16.8 Å². The molecule has 0 atom stereocenters. The van der Waals surface area contributed by atoms with Gasteiger partial charge >= 0.3 is 5.97 Å². The third-order valence-electron chi connectivity index (χ3n) is 9.85. The first-order chi connectivity index (χ1) is 27.9. The number of aryl methyl sites for hydroxylation is 3. The zero-order chi connectivity index (χ0) is 41.8. The van der Waals surface area contributed by atoms with E-state index in [9.17, 15) is 19.5 Å². The highest BCUT2D eigenvalue weighted by atomic mass is 16.5. The SMILES string of the molecule is COc1cccc(/C=C/c2ccc(C(=O)O)c(NC(=O)c3cccc(C)c3C)c2)c1.COc1cccc(/C=C/c2ccc(C)c(NC(=O)c3cccc(C)c3C)c2)c1. The van der Waals surface area contributed by atoms with Gasteiger partial charge in [0.1, 0.15) is 11.5 Å². The van der Waals surface area contributed by atoms with Gasteiger partial charge in [-0.3, -0.25) is 9.59 Å². The minimum absolute atomic E-state index is 0.0344. The van der Waals surface area contributed by atoms with Crippen molar-refractivity contribution < 1.29 is 29.0 Å². The molecule has 0 heterocycles. The highest BCUT2D eigenvalue weighted by Gasteiger charge is 2.16. The molecule has 0 saturated heterocycles. The molecule has 0 aliphatic rings. The Hall–Kier alpha value is -7.19. The van der Waals surface area contributed by atoms with Gasteiger partial charge < -0.3 is 25.2 Å². The summed E-state index contributed by atoms with van der Waals surface area (Å²) >= 11 is 0.